The number of carbonyl (C=O) groups excluding carboxylic acids is 1. The predicted octanol–water partition coefficient (Wildman–Crippen LogP) is 5.09. The van der Waals surface area contributed by atoms with Crippen molar-refractivity contribution in [1.29, 1.82) is 0 Å². The minimum Gasteiger partial charge on any atom is -0.493 e. The molecule has 1 N–H and O–H groups in total. The van der Waals surface area contributed by atoms with E-state index in [1.54, 1.807) is 12.4 Å². The molecule has 1 amide bonds. The summed E-state index contributed by atoms with van der Waals surface area (Å²) in [4.78, 5) is 22.7. The van der Waals surface area contributed by atoms with Crippen LogP contribution in [0.1, 0.15) is 54.1 Å². The van der Waals surface area contributed by atoms with Crippen LogP contribution in [0.25, 0.3) is 22.6 Å². The largest absolute Gasteiger partial charge is 0.493 e. The first kappa shape index (κ1) is 21.5. The summed E-state index contributed by atoms with van der Waals surface area (Å²) in [5, 5.41) is 11.2. The Kier molecular flexibility index (Phi) is 5.70. The van der Waals surface area contributed by atoms with Crippen LogP contribution in [0.15, 0.2) is 61.1 Å². The number of aryl methyl sites for hydroxylation is 1. The fraction of sp³-hybridized carbons (Fsp3) is 0.296. The highest BCUT2D eigenvalue weighted by molar-refractivity contribution is 6.06. The highest BCUT2D eigenvalue weighted by atomic mass is 16.5. The van der Waals surface area contributed by atoms with Crippen molar-refractivity contribution in [3.63, 3.8) is 0 Å². The number of amides is 1. The van der Waals surface area contributed by atoms with Crippen molar-refractivity contribution in [2.45, 2.75) is 44.6 Å². The van der Waals surface area contributed by atoms with Gasteiger partial charge in [0.1, 0.15) is 23.6 Å². The van der Waals surface area contributed by atoms with Gasteiger partial charge in [-0.2, -0.15) is 0 Å². The normalized spacial score (nSPS) is 16.2. The van der Waals surface area contributed by atoms with E-state index in [1.165, 1.54) is 12.8 Å². The fourth-order valence-electron chi connectivity index (χ4n) is 4.38. The van der Waals surface area contributed by atoms with E-state index in [9.17, 15) is 4.79 Å². The third-order valence-electron chi connectivity index (χ3n) is 6.48. The number of nitrogens with zero attached hydrogens (tertiary/aromatic N) is 5. The molecule has 6 rings (SSSR count). The number of aromatic nitrogens is 5. The molecule has 1 fully saturated rings. The number of hydrogen-bond donors (Lipinski definition) is 1. The van der Waals surface area contributed by atoms with Gasteiger partial charge in [-0.25, -0.2) is 4.98 Å². The van der Waals surface area contributed by atoms with Gasteiger partial charge in [0.25, 0.3) is 5.91 Å². The number of benzene rings is 1. The van der Waals surface area contributed by atoms with E-state index in [2.05, 4.69) is 37.6 Å². The van der Waals surface area contributed by atoms with Crippen LogP contribution in [0.5, 0.6) is 5.75 Å². The SMILES string of the molecule is O=C1Nc2cccc(n2)-c2nncn2CCCCCOc2ccc(-c3ccc(C4CC4)nc3)cc21. The van der Waals surface area contributed by atoms with Gasteiger partial charge in [-0.1, -0.05) is 18.2 Å². The van der Waals surface area contributed by atoms with Crippen molar-refractivity contribution in [2.75, 3.05) is 11.9 Å². The van der Waals surface area contributed by atoms with Crippen LogP contribution in [-0.2, 0) is 6.54 Å². The molecule has 176 valence electrons. The molecule has 35 heavy (non-hydrogen) atoms. The molecule has 0 atom stereocenters. The van der Waals surface area contributed by atoms with Gasteiger partial charge in [0.05, 0.1) is 12.2 Å². The molecule has 1 aliphatic heterocycles. The van der Waals surface area contributed by atoms with Gasteiger partial charge in [0, 0.05) is 29.9 Å². The molecule has 8 nitrogen and oxygen atoms in total. The van der Waals surface area contributed by atoms with Crippen LogP contribution in [0.3, 0.4) is 0 Å². The van der Waals surface area contributed by atoms with E-state index < -0.39 is 0 Å². The molecule has 1 saturated carbocycles. The minimum absolute atomic E-state index is 0.273. The summed E-state index contributed by atoms with van der Waals surface area (Å²) in [6, 6.07) is 15.4. The Morgan fingerprint density at radius 1 is 1.00 bits per heavy atom. The molecular weight excluding hydrogens is 440 g/mol. The maximum Gasteiger partial charge on any atom is 0.260 e. The smallest absolute Gasteiger partial charge is 0.260 e. The Morgan fingerprint density at radius 2 is 1.91 bits per heavy atom. The zero-order valence-electron chi connectivity index (χ0n) is 19.4. The van der Waals surface area contributed by atoms with Crippen molar-refractivity contribution < 1.29 is 9.53 Å². The molecule has 8 heteroatoms. The summed E-state index contributed by atoms with van der Waals surface area (Å²) in [6.07, 6.45) is 8.90. The predicted molar refractivity (Wildman–Crippen MR) is 132 cm³/mol. The lowest BCUT2D eigenvalue weighted by Crippen LogP contribution is -2.15. The second-order valence-corrected chi connectivity index (χ2v) is 9.08. The number of rotatable bonds is 2. The third kappa shape index (κ3) is 4.64. The Labute approximate surface area is 203 Å². The average molecular weight is 467 g/mol. The Hall–Kier alpha value is -4.07. The summed E-state index contributed by atoms with van der Waals surface area (Å²) in [5.41, 5.74) is 4.18. The van der Waals surface area contributed by atoms with Gasteiger partial charge in [0.15, 0.2) is 5.82 Å². The minimum atomic E-state index is -0.273. The maximum atomic E-state index is 13.4. The molecule has 1 aromatic carbocycles. The Bertz CT molecular complexity index is 1360. The highest BCUT2D eigenvalue weighted by Crippen LogP contribution is 2.39. The van der Waals surface area contributed by atoms with Gasteiger partial charge in [0.2, 0.25) is 0 Å². The Balaban J connectivity index is 1.34. The summed E-state index contributed by atoms with van der Waals surface area (Å²) in [5.74, 6) is 2.04. The lowest BCUT2D eigenvalue weighted by Gasteiger charge is -2.14. The van der Waals surface area contributed by atoms with Gasteiger partial charge >= 0.3 is 0 Å². The van der Waals surface area contributed by atoms with Crippen molar-refractivity contribution >= 4 is 11.7 Å². The lowest BCUT2D eigenvalue weighted by atomic mass is 10.0. The zero-order chi connectivity index (χ0) is 23.6. The standard InChI is InChI=1S/C27H26N6O2/c34-27-21-15-19(20-9-11-22(28-16-20)18-7-8-18)10-12-24(21)35-14-3-1-2-13-33-17-29-32-26(33)23-5-4-6-25(30-23)31-27/h4-6,9-12,15-18H,1-3,7-8,13-14H2,(H,30,31,34). The van der Waals surface area contributed by atoms with E-state index in [1.807, 2.05) is 41.1 Å². The maximum absolute atomic E-state index is 13.4. The second-order valence-electron chi connectivity index (χ2n) is 9.08. The van der Waals surface area contributed by atoms with Crippen LogP contribution >= 0.6 is 0 Å². The van der Waals surface area contributed by atoms with E-state index in [0.717, 1.165) is 42.6 Å². The van der Waals surface area contributed by atoms with Crippen LogP contribution in [-0.4, -0.2) is 37.2 Å². The fourth-order valence-corrected chi connectivity index (χ4v) is 4.38. The van der Waals surface area contributed by atoms with E-state index >= 15 is 0 Å². The number of nitrogens with one attached hydrogen (secondary N) is 1. The van der Waals surface area contributed by atoms with Crippen LogP contribution < -0.4 is 10.1 Å². The van der Waals surface area contributed by atoms with E-state index in [4.69, 9.17) is 4.74 Å². The Morgan fingerprint density at radius 3 is 2.77 bits per heavy atom. The van der Waals surface area contributed by atoms with Crippen LogP contribution in [0.4, 0.5) is 5.82 Å². The topological polar surface area (TPSA) is 94.8 Å². The third-order valence-corrected chi connectivity index (χ3v) is 6.48. The summed E-state index contributed by atoms with van der Waals surface area (Å²) in [6.45, 7) is 1.34. The molecular formula is C27H26N6O2. The van der Waals surface area contributed by atoms with Crippen molar-refractivity contribution in [2.24, 2.45) is 0 Å². The highest BCUT2D eigenvalue weighted by Gasteiger charge is 2.24. The lowest BCUT2D eigenvalue weighted by molar-refractivity contribution is 0.102. The quantitative estimate of drug-likeness (QED) is 0.442. The number of ether oxygens (including phenoxy) is 1. The van der Waals surface area contributed by atoms with E-state index in [-0.39, 0.29) is 5.91 Å². The average Bonchev–Trinajstić information content (AvgIpc) is 3.63. The second kappa shape index (κ2) is 9.29. The number of carbonyl (C=O) groups is 1. The molecule has 0 saturated heterocycles. The van der Waals surface area contributed by atoms with Gasteiger partial charge in [-0.05, 0) is 68.0 Å². The van der Waals surface area contributed by atoms with Crippen LogP contribution in [0, 0.1) is 0 Å². The molecule has 2 bridgehead atoms. The number of fused-ring (bicyclic) bond motifs is 5. The first-order chi connectivity index (χ1) is 17.2. The number of hydrogen-bond acceptors (Lipinski definition) is 6. The summed E-state index contributed by atoms with van der Waals surface area (Å²) in [7, 11) is 0. The molecule has 0 unspecified atom stereocenters. The first-order valence-corrected chi connectivity index (χ1v) is 12.1. The van der Waals surface area contributed by atoms with Crippen molar-refractivity contribution in [1.82, 2.24) is 24.7 Å². The zero-order valence-corrected chi connectivity index (χ0v) is 19.4. The molecule has 4 aromatic rings. The van der Waals surface area contributed by atoms with Gasteiger partial charge in [-0.3, -0.25) is 9.78 Å². The van der Waals surface area contributed by atoms with Gasteiger partial charge in [-0.15, -0.1) is 10.2 Å². The van der Waals surface area contributed by atoms with Gasteiger partial charge < -0.3 is 14.6 Å². The number of pyridine rings is 2. The van der Waals surface area contributed by atoms with Crippen molar-refractivity contribution in [3.05, 3.63) is 72.3 Å². The molecule has 0 radical (unpaired) electrons. The first-order valence-electron chi connectivity index (χ1n) is 12.1. The van der Waals surface area contributed by atoms with E-state index in [0.29, 0.717) is 41.2 Å². The molecule has 3 aromatic heterocycles. The monoisotopic (exact) mass is 466 g/mol. The summed E-state index contributed by atoms with van der Waals surface area (Å²) < 4.78 is 8.06. The van der Waals surface area contributed by atoms with Crippen molar-refractivity contribution in [3.8, 4) is 28.4 Å². The molecule has 0 spiro atoms. The molecule has 4 heterocycles. The number of anilines is 1. The molecule has 2 aliphatic rings. The summed E-state index contributed by atoms with van der Waals surface area (Å²) >= 11 is 0. The molecule has 1 aliphatic carbocycles. The van der Waals surface area contributed by atoms with Crippen LogP contribution in [0.2, 0.25) is 0 Å².